The molecule has 3 heterocycles. The molecule has 3 amide bonds. The molecule has 36 heavy (non-hydrogen) atoms. The Morgan fingerprint density at radius 3 is 2.53 bits per heavy atom. The largest absolute Gasteiger partial charge is 0.327 e. The Labute approximate surface area is 214 Å². The Morgan fingerprint density at radius 2 is 1.92 bits per heavy atom. The third kappa shape index (κ3) is 5.30. The highest BCUT2D eigenvalue weighted by atomic mass is 32.2. The van der Waals surface area contributed by atoms with E-state index < -0.39 is 21.2 Å². The standard InChI is InChI=1S/C24H42N6O5S/c1-15(2)30-13-17(11-25-30)12-28-21-6-5-19(36(33,34)27-24(4)7-8-24)10-20(21)22(31)29(23(28)32)14-18-9-16(3)26-35-18/h15-21,25-27H,5-14H2,1-4H3. The molecule has 0 aromatic rings. The molecular weight excluding hydrogens is 484 g/mol. The molecule has 0 spiro atoms. The second-order valence-electron chi connectivity index (χ2n) is 12.2. The third-order valence-corrected chi connectivity index (χ3v) is 10.7. The lowest BCUT2D eigenvalue weighted by molar-refractivity contribution is -0.142. The smallest absolute Gasteiger partial charge is 0.320 e. The Bertz CT molecular complexity index is 972. The van der Waals surface area contributed by atoms with Crippen molar-refractivity contribution in [1.82, 2.24) is 30.4 Å². The van der Waals surface area contributed by atoms with E-state index in [1.165, 1.54) is 4.90 Å². The van der Waals surface area contributed by atoms with Crippen molar-refractivity contribution in [2.45, 2.75) is 101 Å². The molecule has 5 fully saturated rings. The maximum absolute atomic E-state index is 13.7. The Hall–Kier alpha value is -1.31. The molecule has 6 atom stereocenters. The fourth-order valence-corrected chi connectivity index (χ4v) is 8.16. The lowest BCUT2D eigenvalue weighted by Crippen LogP contribution is -2.65. The fourth-order valence-electron chi connectivity index (χ4n) is 6.19. The number of nitrogens with zero attached hydrogens (tertiary/aromatic N) is 3. The van der Waals surface area contributed by atoms with E-state index in [1.807, 2.05) is 18.7 Å². The predicted octanol–water partition coefficient (Wildman–Crippen LogP) is 0.787. The molecule has 0 radical (unpaired) electrons. The molecule has 11 nitrogen and oxygen atoms in total. The van der Waals surface area contributed by atoms with Crippen LogP contribution >= 0.6 is 0 Å². The first-order chi connectivity index (χ1) is 17.0. The predicted molar refractivity (Wildman–Crippen MR) is 134 cm³/mol. The molecule has 3 saturated heterocycles. The van der Waals surface area contributed by atoms with Crippen molar-refractivity contribution in [1.29, 1.82) is 0 Å². The van der Waals surface area contributed by atoms with Gasteiger partial charge < -0.3 is 4.90 Å². The van der Waals surface area contributed by atoms with Crippen LogP contribution in [0.15, 0.2) is 0 Å². The zero-order valence-corrected chi connectivity index (χ0v) is 22.7. The molecule has 0 aromatic carbocycles. The van der Waals surface area contributed by atoms with Gasteiger partial charge in [0.1, 0.15) is 0 Å². The van der Waals surface area contributed by atoms with Crippen molar-refractivity contribution in [3.05, 3.63) is 0 Å². The van der Waals surface area contributed by atoms with E-state index in [2.05, 4.69) is 34.5 Å². The van der Waals surface area contributed by atoms with Crippen LogP contribution in [0.5, 0.6) is 0 Å². The van der Waals surface area contributed by atoms with Gasteiger partial charge in [-0.05, 0) is 66.2 Å². The summed E-state index contributed by atoms with van der Waals surface area (Å²) < 4.78 is 29.2. The van der Waals surface area contributed by atoms with Gasteiger partial charge in [-0.25, -0.2) is 22.9 Å². The summed E-state index contributed by atoms with van der Waals surface area (Å²) in [6.07, 6.45) is 3.35. The van der Waals surface area contributed by atoms with Crippen molar-refractivity contribution in [2.75, 3.05) is 26.2 Å². The highest BCUT2D eigenvalue weighted by Gasteiger charge is 2.53. The van der Waals surface area contributed by atoms with Crippen molar-refractivity contribution < 1.29 is 22.8 Å². The number of carbonyl (C=O) groups excluding carboxylic acids is 2. The number of hydrazine groups is 1. The van der Waals surface area contributed by atoms with Gasteiger partial charge in [-0.15, -0.1) is 0 Å². The molecule has 204 valence electrons. The van der Waals surface area contributed by atoms with Crippen LogP contribution in [-0.2, 0) is 19.7 Å². The van der Waals surface area contributed by atoms with Gasteiger partial charge in [0.15, 0.2) is 0 Å². The van der Waals surface area contributed by atoms with Crippen molar-refractivity contribution in [2.24, 2.45) is 11.8 Å². The van der Waals surface area contributed by atoms with E-state index in [0.29, 0.717) is 31.8 Å². The summed E-state index contributed by atoms with van der Waals surface area (Å²) >= 11 is 0. The SMILES string of the molecule is CC1CC(CN2C(=O)C3CC(S(=O)(=O)NC4(C)CC4)CCC3N(CC3CNN(C(C)C)C3)C2=O)ON1. The molecule has 2 saturated carbocycles. The van der Waals surface area contributed by atoms with Crippen LogP contribution in [0.1, 0.15) is 66.2 Å². The Morgan fingerprint density at radius 1 is 1.17 bits per heavy atom. The van der Waals surface area contributed by atoms with Crippen molar-refractivity contribution in [3.63, 3.8) is 0 Å². The molecule has 0 aromatic heterocycles. The summed E-state index contributed by atoms with van der Waals surface area (Å²) in [5.41, 5.74) is 5.99. The first kappa shape index (κ1) is 26.3. The molecule has 5 aliphatic rings. The number of imide groups is 1. The first-order valence-corrected chi connectivity index (χ1v) is 15.1. The number of amides is 3. The normalized spacial score (nSPS) is 37.1. The number of hydroxylamine groups is 1. The van der Waals surface area contributed by atoms with Gasteiger partial charge in [0.05, 0.1) is 23.8 Å². The lowest BCUT2D eigenvalue weighted by atomic mass is 9.80. The highest BCUT2D eigenvalue weighted by Crippen LogP contribution is 2.40. The van der Waals surface area contributed by atoms with Crippen molar-refractivity contribution in [3.8, 4) is 0 Å². The monoisotopic (exact) mass is 526 g/mol. The van der Waals surface area contributed by atoms with Crippen LogP contribution in [0.3, 0.4) is 0 Å². The second kappa shape index (κ2) is 9.77. The first-order valence-electron chi connectivity index (χ1n) is 13.5. The van der Waals surface area contributed by atoms with E-state index in [1.54, 1.807) is 0 Å². The Balaban J connectivity index is 1.35. The van der Waals surface area contributed by atoms with Gasteiger partial charge in [-0.3, -0.25) is 20.0 Å². The van der Waals surface area contributed by atoms with Gasteiger partial charge in [-0.1, -0.05) is 0 Å². The quantitative estimate of drug-likeness (QED) is 0.424. The minimum Gasteiger partial charge on any atom is -0.320 e. The number of sulfonamides is 1. The summed E-state index contributed by atoms with van der Waals surface area (Å²) in [5.74, 6) is -0.530. The van der Waals surface area contributed by atoms with E-state index in [0.717, 1.165) is 25.9 Å². The van der Waals surface area contributed by atoms with Crippen LogP contribution in [0.4, 0.5) is 4.79 Å². The van der Waals surface area contributed by atoms with E-state index >= 15 is 0 Å². The molecule has 6 unspecified atom stereocenters. The molecule has 2 aliphatic carbocycles. The molecule has 12 heteroatoms. The zero-order valence-electron chi connectivity index (χ0n) is 21.9. The molecule has 0 bridgehead atoms. The van der Waals surface area contributed by atoms with Crippen LogP contribution in [0.2, 0.25) is 0 Å². The van der Waals surface area contributed by atoms with E-state index in [4.69, 9.17) is 4.84 Å². The minimum atomic E-state index is -3.55. The van der Waals surface area contributed by atoms with Gasteiger partial charge >= 0.3 is 6.03 Å². The fraction of sp³-hybridized carbons (Fsp3) is 0.917. The number of fused-ring (bicyclic) bond motifs is 1. The maximum atomic E-state index is 13.7. The lowest BCUT2D eigenvalue weighted by Gasteiger charge is -2.49. The average Bonchev–Trinajstić information content (AvgIpc) is 3.19. The molecule has 3 N–H and O–H groups in total. The number of nitrogens with one attached hydrogen (secondary N) is 3. The third-order valence-electron chi connectivity index (χ3n) is 8.61. The molecular formula is C24H42N6O5S. The van der Waals surface area contributed by atoms with Gasteiger partial charge in [0.2, 0.25) is 15.9 Å². The number of rotatable bonds is 8. The van der Waals surface area contributed by atoms with Crippen molar-refractivity contribution >= 4 is 22.0 Å². The van der Waals surface area contributed by atoms with E-state index in [9.17, 15) is 18.0 Å². The number of hydrogen-bond acceptors (Lipinski definition) is 8. The zero-order chi connectivity index (χ0) is 25.8. The van der Waals surface area contributed by atoms with E-state index in [-0.39, 0.29) is 54.5 Å². The topological polar surface area (TPSA) is 123 Å². The average molecular weight is 527 g/mol. The summed E-state index contributed by atoms with van der Waals surface area (Å²) in [6.45, 7) is 10.5. The molecule has 3 aliphatic heterocycles. The Kier molecular flexibility index (Phi) is 7.14. The maximum Gasteiger partial charge on any atom is 0.327 e. The van der Waals surface area contributed by atoms with Gasteiger partial charge in [-0.2, -0.15) is 5.48 Å². The van der Waals surface area contributed by atoms with Crippen LogP contribution in [0, 0.1) is 11.8 Å². The van der Waals surface area contributed by atoms with Crippen LogP contribution in [0.25, 0.3) is 0 Å². The summed E-state index contributed by atoms with van der Waals surface area (Å²) in [5, 5.41) is 1.57. The summed E-state index contributed by atoms with van der Waals surface area (Å²) in [7, 11) is -3.55. The number of urea groups is 1. The highest BCUT2D eigenvalue weighted by molar-refractivity contribution is 7.90. The number of hydrogen-bond donors (Lipinski definition) is 3. The summed E-state index contributed by atoms with van der Waals surface area (Å²) in [4.78, 5) is 36.2. The van der Waals surface area contributed by atoms with Gasteiger partial charge in [0, 0.05) is 49.2 Å². The minimum absolute atomic E-state index is 0.152. The number of carbonyl (C=O) groups is 2. The van der Waals surface area contributed by atoms with Gasteiger partial charge in [0.25, 0.3) is 0 Å². The second-order valence-corrected chi connectivity index (χ2v) is 14.1. The summed E-state index contributed by atoms with van der Waals surface area (Å²) in [6, 6.07) is -0.0240. The van der Waals surface area contributed by atoms with Crippen LogP contribution in [-0.4, -0.2) is 96.4 Å². The molecule has 5 rings (SSSR count). The van der Waals surface area contributed by atoms with Crippen LogP contribution < -0.4 is 15.6 Å².